The lowest BCUT2D eigenvalue weighted by molar-refractivity contribution is -0.115. The molecule has 1 fully saturated rings. The third-order valence-corrected chi connectivity index (χ3v) is 5.59. The number of amidine groups is 1. The molecule has 0 atom stereocenters. The Hall–Kier alpha value is -2.83. The number of hydrogen-bond donors (Lipinski definition) is 1. The van der Waals surface area contributed by atoms with Gasteiger partial charge in [-0.25, -0.2) is 4.99 Å². The van der Waals surface area contributed by atoms with Gasteiger partial charge in [-0.2, -0.15) is 0 Å². The number of rotatable bonds is 5. The van der Waals surface area contributed by atoms with Crippen molar-refractivity contribution in [1.82, 2.24) is 5.32 Å². The number of carbonyl (C=O) groups is 1. The Bertz CT molecular complexity index is 1080. The number of aliphatic imine (C=N–C) groups is 1. The summed E-state index contributed by atoms with van der Waals surface area (Å²) in [7, 11) is 0. The third kappa shape index (κ3) is 5.16. The average molecular weight is 465 g/mol. The first-order chi connectivity index (χ1) is 14.2. The second kappa shape index (κ2) is 9.11. The van der Waals surface area contributed by atoms with Crippen LogP contribution in [0.4, 0.5) is 5.69 Å². The molecule has 0 saturated carbocycles. The van der Waals surface area contributed by atoms with Crippen LogP contribution < -0.4 is 10.1 Å². The van der Waals surface area contributed by atoms with Crippen molar-refractivity contribution in [3.8, 4) is 5.75 Å². The van der Waals surface area contributed by atoms with E-state index < -0.39 is 0 Å². The molecule has 1 aliphatic heterocycles. The van der Waals surface area contributed by atoms with Crippen LogP contribution in [-0.2, 0) is 11.4 Å². The van der Waals surface area contributed by atoms with E-state index in [1.165, 1.54) is 11.8 Å². The average Bonchev–Trinajstić information content (AvgIpc) is 3.08. The maximum absolute atomic E-state index is 12.4. The van der Waals surface area contributed by atoms with Crippen molar-refractivity contribution in [2.24, 2.45) is 4.99 Å². The molecule has 3 aromatic rings. The number of carbonyl (C=O) groups excluding carboxylic acids is 1. The number of nitrogens with zero attached hydrogens (tertiary/aromatic N) is 1. The fourth-order valence-corrected chi connectivity index (χ4v) is 3.81. The van der Waals surface area contributed by atoms with Crippen LogP contribution in [-0.4, -0.2) is 11.1 Å². The monoisotopic (exact) mass is 464 g/mol. The highest BCUT2D eigenvalue weighted by Crippen LogP contribution is 2.30. The molecule has 3 aromatic carbocycles. The van der Waals surface area contributed by atoms with E-state index in [1.807, 2.05) is 84.9 Å². The highest BCUT2D eigenvalue weighted by molar-refractivity contribution is 9.10. The molecule has 1 saturated heterocycles. The first-order valence-electron chi connectivity index (χ1n) is 8.98. The summed E-state index contributed by atoms with van der Waals surface area (Å²) in [5, 5.41) is 3.39. The largest absolute Gasteiger partial charge is 0.488 e. The lowest BCUT2D eigenvalue weighted by Gasteiger charge is -2.09. The molecule has 6 heteroatoms. The Labute approximate surface area is 181 Å². The smallest absolute Gasteiger partial charge is 0.264 e. The maximum atomic E-state index is 12.4. The Balaban J connectivity index is 1.51. The van der Waals surface area contributed by atoms with Crippen LogP contribution in [0.5, 0.6) is 5.75 Å². The minimum atomic E-state index is -0.160. The molecule has 1 N–H and O–H groups in total. The van der Waals surface area contributed by atoms with E-state index in [4.69, 9.17) is 4.74 Å². The number of nitrogens with one attached hydrogen (secondary N) is 1. The van der Waals surface area contributed by atoms with Crippen LogP contribution in [0.2, 0.25) is 0 Å². The Morgan fingerprint density at radius 2 is 1.69 bits per heavy atom. The summed E-state index contributed by atoms with van der Waals surface area (Å²) in [5.41, 5.74) is 2.72. The van der Waals surface area contributed by atoms with Crippen molar-refractivity contribution in [3.63, 3.8) is 0 Å². The molecular weight excluding hydrogens is 448 g/mol. The number of hydrogen-bond acceptors (Lipinski definition) is 4. The summed E-state index contributed by atoms with van der Waals surface area (Å²) in [6.07, 6.45) is 1.84. The van der Waals surface area contributed by atoms with Crippen LogP contribution in [0, 0.1) is 0 Å². The third-order valence-electron chi connectivity index (χ3n) is 4.15. The summed E-state index contributed by atoms with van der Waals surface area (Å²) >= 11 is 4.76. The van der Waals surface area contributed by atoms with Crippen molar-refractivity contribution in [1.29, 1.82) is 0 Å². The number of ether oxygens (including phenoxy) is 1. The Morgan fingerprint density at radius 3 is 2.48 bits per heavy atom. The van der Waals surface area contributed by atoms with E-state index in [0.29, 0.717) is 16.7 Å². The molecule has 0 bridgehead atoms. The molecule has 1 heterocycles. The SMILES string of the molecule is O=C1NC(=Nc2ccccc2)S/C1=C\c1ccccc1OCc1ccc(Br)cc1. The molecule has 0 radical (unpaired) electrons. The van der Waals surface area contributed by atoms with E-state index in [-0.39, 0.29) is 5.91 Å². The zero-order valence-electron chi connectivity index (χ0n) is 15.3. The zero-order chi connectivity index (χ0) is 20.1. The minimum Gasteiger partial charge on any atom is -0.488 e. The molecule has 0 aromatic heterocycles. The minimum absolute atomic E-state index is 0.160. The van der Waals surface area contributed by atoms with Gasteiger partial charge in [0.1, 0.15) is 12.4 Å². The van der Waals surface area contributed by atoms with Gasteiger partial charge >= 0.3 is 0 Å². The van der Waals surface area contributed by atoms with Crippen LogP contribution in [0.3, 0.4) is 0 Å². The topological polar surface area (TPSA) is 50.7 Å². The fraction of sp³-hybridized carbons (Fsp3) is 0.0435. The van der Waals surface area contributed by atoms with E-state index >= 15 is 0 Å². The fourth-order valence-electron chi connectivity index (χ4n) is 2.71. The van der Waals surface area contributed by atoms with Gasteiger partial charge in [0.15, 0.2) is 5.17 Å². The van der Waals surface area contributed by atoms with Gasteiger partial charge in [-0.05, 0) is 53.7 Å². The molecule has 0 unspecified atom stereocenters. The summed E-state index contributed by atoms with van der Waals surface area (Å²) in [4.78, 5) is 17.4. The summed E-state index contributed by atoms with van der Waals surface area (Å²) < 4.78 is 7.03. The molecule has 1 amide bonds. The molecule has 0 aliphatic carbocycles. The summed E-state index contributed by atoms with van der Waals surface area (Å²) in [6.45, 7) is 0.452. The van der Waals surface area contributed by atoms with Crippen LogP contribution in [0.15, 0.2) is 93.2 Å². The van der Waals surface area contributed by atoms with Crippen molar-refractivity contribution >= 4 is 50.5 Å². The van der Waals surface area contributed by atoms with Crippen LogP contribution >= 0.6 is 27.7 Å². The Kier molecular flexibility index (Phi) is 6.12. The standard InChI is InChI=1S/C23H17BrN2O2S/c24-18-12-10-16(11-13-18)15-28-20-9-5-4-6-17(20)14-21-22(27)26-23(29-21)25-19-7-2-1-3-8-19/h1-14H,15H2,(H,25,26,27)/b21-14-. The van der Waals surface area contributed by atoms with E-state index in [9.17, 15) is 4.79 Å². The second-order valence-electron chi connectivity index (χ2n) is 6.27. The van der Waals surface area contributed by atoms with Crippen molar-refractivity contribution in [3.05, 3.63) is 99.4 Å². The molecule has 1 aliphatic rings. The quantitative estimate of drug-likeness (QED) is 0.476. The number of benzene rings is 3. The van der Waals surface area contributed by atoms with Gasteiger partial charge in [-0.1, -0.05) is 64.5 Å². The van der Waals surface area contributed by atoms with Crippen LogP contribution in [0.1, 0.15) is 11.1 Å². The molecule has 0 spiro atoms. The first kappa shape index (κ1) is 19.5. The highest BCUT2D eigenvalue weighted by Gasteiger charge is 2.24. The molecular formula is C23H17BrN2O2S. The number of para-hydroxylation sites is 2. The van der Waals surface area contributed by atoms with Gasteiger partial charge in [0, 0.05) is 10.0 Å². The summed E-state index contributed by atoms with van der Waals surface area (Å²) in [6, 6.07) is 25.2. The predicted molar refractivity (Wildman–Crippen MR) is 122 cm³/mol. The lowest BCUT2D eigenvalue weighted by atomic mass is 10.2. The molecule has 4 nitrogen and oxygen atoms in total. The molecule has 144 valence electrons. The lowest BCUT2D eigenvalue weighted by Crippen LogP contribution is -2.19. The van der Waals surface area contributed by atoms with Gasteiger partial charge in [-0.15, -0.1) is 0 Å². The van der Waals surface area contributed by atoms with Crippen LogP contribution in [0.25, 0.3) is 6.08 Å². The Morgan fingerprint density at radius 1 is 0.966 bits per heavy atom. The first-order valence-corrected chi connectivity index (χ1v) is 10.6. The zero-order valence-corrected chi connectivity index (χ0v) is 17.7. The predicted octanol–water partition coefficient (Wildman–Crippen LogP) is 5.92. The van der Waals surface area contributed by atoms with Gasteiger partial charge in [-0.3, -0.25) is 4.79 Å². The summed E-state index contributed by atoms with van der Waals surface area (Å²) in [5.74, 6) is 0.567. The number of halogens is 1. The van der Waals surface area contributed by atoms with Gasteiger partial charge in [0.05, 0.1) is 10.6 Å². The molecule has 4 rings (SSSR count). The van der Waals surface area contributed by atoms with E-state index in [0.717, 1.165) is 27.0 Å². The number of amides is 1. The van der Waals surface area contributed by atoms with Gasteiger partial charge < -0.3 is 10.1 Å². The maximum Gasteiger partial charge on any atom is 0.264 e. The van der Waals surface area contributed by atoms with Gasteiger partial charge in [0.2, 0.25) is 0 Å². The highest BCUT2D eigenvalue weighted by atomic mass is 79.9. The second-order valence-corrected chi connectivity index (χ2v) is 8.22. The van der Waals surface area contributed by atoms with Crippen molar-refractivity contribution in [2.75, 3.05) is 0 Å². The van der Waals surface area contributed by atoms with E-state index in [2.05, 4.69) is 26.2 Å². The molecule has 29 heavy (non-hydrogen) atoms. The van der Waals surface area contributed by atoms with Crippen molar-refractivity contribution < 1.29 is 9.53 Å². The number of thioether (sulfide) groups is 1. The van der Waals surface area contributed by atoms with Gasteiger partial charge in [0.25, 0.3) is 5.91 Å². The van der Waals surface area contributed by atoms with E-state index in [1.54, 1.807) is 0 Å². The van der Waals surface area contributed by atoms with Crippen molar-refractivity contribution in [2.45, 2.75) is 6.61 Å². The normalized spacial score (nSPS) is 16.2.